The van der Waals surface area contributed by atoms with E-state index in [-0.39, 0.29) is 5.91 Å². The van der Waals surface area contributed by atoms with E-state index in [1.165, 1.54) is 141 Å². The lowest BCUT2D eigenvalue weighted by Gasteiger charge is -2.21. The van der Waals surface area contributed by atoms with Gasteiger partial charge in [0.1, 0.15) is 0 Å². The molecule has 45 heavy (non-hydrogen) atoms. The van der Waals surface area contributed by atoms with Crippen molar-refractivity contribution in [3.63, 3.8) is 0 Å². The van der Waals surface area contributed by atoms with Crippen molar-refractivity contribution >= 4 is 16.0 Å². The summed E-state index contributed by atoms with van der Waals surface area (Å²) in [4.78, 5) is 12.4. The number of aliphatic hydroxyl groups excluding tert-OH is 1. The van der Waals surface area contributed by atoms with Crippen LogP contribution in [0.1, 0.15) is 194 Å². The molecule has 0 rings (SSSR count). The van der Waals surface area contributed by atoms with Crippen LogP contribution >= 0.6 is 0 Å². The molecule has 2 atom stereocenters. The summed E-state index contributed by atoms with van der Waals surface area (Å²) in [5.74, 6) is -0.997. The molecule has 0 saturated heterocycles. The maximum absolute atomic E-state index is 12.4. The maximum Gasteiger partial charge on any atom is 0.267 e. The van der Waals surface area contributed by atoms with Crippen LogP contribution in [-0.4, -0.2) is 41.9 Å². The van der Waals surface area contributed by atoms with Crippen molar-refractivity contribution < 1.29 is 22.9 Å². The molecule has 0 aliphatic rings. The van der Waals surface area contributed by atoms with Gasteiger partial charge >= 0.3 is 0 Å². The number of aliphatic hydroxyl groups is 1. The van der Waals surface area contributed by atoms with E-state index in [2.05, 4.69) is 31.3 Å². The van der Waals surface area contributed by atoms with Gasteiger partial charge in [0.2, 0.25) is 5.91 Å². The monoisotopic (exact) mass is 656 g/mol. The zero-order valence-electron chi connectivity index (χ0n) is 29.5. The molecule has 2 unspecified atom stereocenters. The van der Waals surface area contributed by atoms with Crippen LogP contribution in [-0.2, 0) is 14.9 Å². The molecule has 0 heterocycles. The van der Waals surface area contributed by atoms with Crippen LogP contribution < -0.4 is 5.32 Å². The van der Waals surface area contributed by atoms with Gasteiger partial charge in [-0.2, -0.15) is 8.42 Å². The van der Waals surface area contributed by atoms with Gasteiger partial charge in [0.25, 0.3) is 10.1 Å². The second-order valence-electron chi connectivity index (χ2n) is 13.2. The number of carbonyl (C=O) groups excluding carboxylic acids is 1. The van der Waals surface area contributed by atoms with E-state index in [1.807, 2.05) is 6.08 Å². The average molecular weight is 656 g/mol. The van der Waals surface area contributed by atoms with Crippen LogP contribution in [0.25, 0.3) is 0 Å². The van der Waals surface area contributed by atoms with E-state index >= 15 is 0 Å². The lowest BCUT2D eigenvalue weighted by Crippen LogP contribution is -2.46. The number of nitrogens with one attached hydrogen (secondary N) is 1. The zero-order valence-corrected chi connectivity index (χ0v) is 30.3. The Kier molecular flexibility index (Phi) is 31.9. The summed E-state index contributed by atoms with van der Waals surface area (Å²) in [5, 5.41) is 13.1. The van der Waals surface area contributed by atoms with Gasteiger partial charge in [-0.3, -0.25) is 9.35 Å². The fourth-order valence-electron chi connectivity index (χ4n) is 5.76. The molecule has 7 heteroatoms. The molecule has 0 aromatic rings. The van der Waals surface area contributed by atoms with Gasteiger partial charge in [-0.25, -0.2) is 0 Å². The normalized spacial score (nSPS) is 13.6. The molecule has 0 bridgehead atoms. The van der Waals surface area contributed by atoms with Crippen molar-refractivity contribution in [2.45, 2.75) is 206 Å². The van der Waals surface area contributed by atoms with Crippen molar-refractivity contribution in [3.05, 3.63) is 24.3 Å². The first-order chi connectivity index (χ1) is 21.8. The van der Waals surface area contributed by atoms with E-state index < -0.39 is 28.0 Å². The summed E-state index contributed by atoms with van der Waals surface area (Å²) in [6.45, 7) is 4.49. The van der Waals surface area contributed by atoms with E-state index in [1.54, 1.807) is 0 Å². The molecule has 1 amide bonds. The minimum atomic E-state index is -4.34. The lowest BCUT2D eigenvalue weighted by molar-refractivity contribution is -0.122. The van der Waals surface area contributed by atoms with Crippen LogP contribution in [0, 0.1) is 0 Å². The number of hydrogen-bond acceptors (Lipinski definition) is 4. The van der Waals surface area contributed by atoms with Gasteiger partial charge in [0.15, 0.2) is 0 Å². The molecule has 0 aliphatic carbocycles. The van der Waals surface area contributed by atoms with Crippen molar-refractivity contribution in [1.29, 1.82) is 0 Å². The highest BCUT2D eigenvalue weighted by Crippen LogP contribution is 2.14. The van der Waals surface area contributed by atoms with Crippen LogP contribution in [0.15, 0.2) is 24.3 Å². The van der Waals surface area contributed by atoms with Gasteiger partial charge in [-0.05, 0) is 32.1 Å². The van der Waals surface area contributed by atoms with Crippen molar-refractivity contribution in [2.24, 2.45) is 0 Å². The summed E-state index contributed by atoms with van der Waals surface area (Å²) in [6.07, 6.45) is 40.3. The first-order valence-electron chi connectivity index (χ1n) is 19.0. The molecule has 0 aliphatic heterocycles. The molecule has 6 nitrogen and oxygen atoms in total. The Labute approximate surface area is 279 Å². The predicted molar refractivity (Wildman–Crippen MR) is 193 cm³/mol. The summed E-state index contributed by atoms with van der Waals surface area (Å²) in [7, 11) is -4.34. The summed E-state index contributed by atoms with van der Waals surface area (Å²) >= 11 is 0. The number of amides is 1. The second kappa shape index (κ2) is 32.7. The Morgan fingerprint density at radius 3 is 1.40 bits per heavy atom. The highest BCUT2D eigenvalue weighted by molar-refractivity contribution is 7.85. The quantitative estimate of drug-likeness (QED) is 0.0363. The van der Waals surface area contributed by atoms with E-state index in [0.717, 1.165) is 38.5 Å². The smallest absolute Gasteiger partial charge is 0.267 e. The van der Waals surface area contributed by atoms with Crippen molar-refractivity contribution in [2.75, 3.05) is 5.75 Å². The first-order valence-corrected chi connectivity index (χ1v) is 20.6. The molecular formula is C38H73NO5S. The summed E-state index contributed by atoms with van der Waals surface area (Å²) in [6, 6.07) is -1.07. The predicted octanol–water partition coefficient (Wildman–Crippen LogP) is 10.8. The second-order valence-corrected chi connectivity index (χ2v) is 14.7. The van der Waals surface area contributed by atoms with Crippen LogP contribution in [0.4, 0.5) is 0 Å². The third-order valence-electron chi connectivity index (χ3n) is 8.63. The van der Waals surface area contributed by atoms with E-state index in [4.69, 9.17) is 0 Å². The van der Waals surface area contributed by atoms with Crippen molar-refractivity contribution in [3.8, 4) is 0 Å². The number of rotatable bonds is 34. The fraction of sp³-hybridized carbons (Fsp3) is 0.868. The Balaban J connectivity index is 3.95. The Morgan fingerprint density at radius 2 is 0.956 bits per heavy atom. The van der Waals surface area contributed by atoms with Gasteiger partial charge < -0.3 is 10.4 Å². The zero-order chi connectivity index (χ0) is 33.3. The molecule has 3 N–H and O–H groups in total. The number of carbonyl (C=O) groups is 1. The van der Waals surface area contributed by atoms with Gasteiger partial charge in [-0.1, -0.05) is 179 Å². The first kappa shape index (κ1) is 43.8. The number of unbranched alkanes of at least 4 members (excludes halogenated alkanes) is 24. The number of hydrogen-bond donors (Lipinski definition) is 3. The summed E-state index contributed by atoms with van der Waals surface area (Å²) < 4.78 is 32.3. The Bertz CT molecular complexity index is 811. The summed E-state index contributed by atoms with van der Waals surface area (Å²) in [5.41, 5.74) is 0. The molecule has 0 aromatic heterocycles. The van der Waals surface area contributed by atoms with Gasteiger partial charge in [0.05, 0.1) is 17.9 Å². The highest BCUT2D eigenvalue weighted by atomic mass is 32.2. The molecule has 0 aromatic carbocycles. The van der Waals surface area contributed by atoms with E-state index in [0.29, 0.717) is 6.42 Å². The fourth-order valence-corrected chi connectivity index (χ4v) is 6.49. The third-order valence-corrected chi connectivity index (χ3v) is 9.41. The Morgan fingerprint density at radius 1 is 0.578 bits per heavy atom. The maximum atomic E-state index is 12.4. The minimum Gasteiger partial charge on any atom is -0.387 e. The van der Waals surface area contributed by atoms with Crippen LogP contribution in [0.2, 0.25) is 0 Å². The lowest BCUT2D eigenvalue weighted by atomic mass is 10.0. The van der Waals surface area contributed by atoms with Gasteiger partial charge in [0, 0.05) is 6.42 Å². The molecule has 0 spiro atoms. The van der Waals surface area contributed by atoms with Crippen LogP contribution in [0.5, 0.6) is 0 Å². The molecular weight excluding hydrogens is 582 g/mol. The minimum absolute atomic E-state index is 0.290. The third kappa shape index (κ3) is 34.0. The van der Waals surface area contributed by atoms with Crippen LogP contribution in [0.3, 0.4) is 0 Å². The van der Waals surface area contributed by atoms with Crippen molar-refractivity contribution in [1.82, 2.24) is 5.32 Å². The molecule has 266 valence electrons. The molecule has 0 saturated carbocycles. The highest BCUT2D eigenvalue weighted by Gasteiger charge is 2.24. The number of allylic oxidation sites excluding steroid dienone is 3. The average Bonchev–Trinajstić information content (AvgIpc) is 3.00. The standard InChI is InChI=1S/C38H73NO5S/c1-3-5-7-9-11-13-15-16-17-18-19-20-21-22-23-24-25-27-29-31-33-37(40)36(35-45(42,43)44)39-38(41)34-32-30-28-26-14-12-10-8-6-4-2/h24-25,31,33,36-37,40H,3-23,26-30,32,34-35H2,1-2H3,(H,39,41)(H,42,43,44)/b25-24+,33-31+. The van der Waals surface area contributed by atoms with Gasteiger partial charge in [-0.15, -0.1) is 0 Å². The molecule has 0 fully saturated rings. The SMILES string of the molecule is CCCCCCCCCCCCCCCC/C=C/CC/C=C/C(O)C(CS(=O)(=O)O)NC(=O)CCCCCCCCCCCC. The largest absolute Gasteiger partial charge is 0.387 e. The molecule has 0 radical (unpaired) electrons. The topological polar surface area (TPSA) is 104 Å². The van der Waals surface area contributed by atoms with E-state index in [9.17, 15) is 22.9 Å². The Hall–Kier alpha value is -1.18.